The Morgan fingerprint density at radius 1 is 0.939 bits per heavy atom. The predicted molar refractivity (Wildman–Crippen MR) is 144 cm³/mol. The Morgan fingerprint density at radius 3 is 2.09 bits per heavy atom. The summed E-state index contributed by atoms with van der Waals surface area (Å²) in [7, 11) is 0. The van der Waals surface area contributed by atoms with Gasteiger partial charge in [-0.05, 0) is 32.7 Å². The topological polar surface area (TPSA) is 45.2 Å². The highest BCUT2D eigenvalue weighted by Gasteiger charge is 2.19. The maximum absolute atomic E-state index is 12.2. The van der Waals surface area contributed by atoms with Crippen molar-refractivity contribution in [1.29, 1.82) is 0 Å². The van der Waals surface area contributed by atoms with Gasteiger partial charge in [-0.1, -0.05) is 103 Å². The summed E-state index contributed by atoms with van der Waals surface area (Å²) in [5.41, 5.74) is 0. The van der Waals surface area contributed by atoms with E-state index in [1.54, 1.807) is 11.3 Å². The molecule has 33 heavy (non-hydrogen) atoms. The molecule has 4 nitrogen and oxygen atoms in total. The lowest BCUT2D eigenvalue weighted by Crippen LogP contribution is -2.36. The van der Waals surface area contributed by atoms with Gasteiger partial charge in [0, 0.05) is 30.1 Å². The Morgan fingerprint density at radius 2 is 1.52 bits per heavy atom. The number of unbranched alkanes of at least 4 members (excludes halogenated alkanes) is 14. The molecule has 0 radical (unpaired) electrons. The highest BCUT2D eigenvalue weighted by Crippen LogP contribution is 2.24. The number of rotatable bonds is 19. The van der Waals surface area contributed by atoms with E-state index in [1.807, 2.05) is 6.20 Å². The van der Waals surface area contributed by atoms with E-state index in [-0.39, 0.29) is 5.91 Å². The summed E-state index contributed by atoms with van der Waals surface area (Å²) in [4.78, 5) is 20.5. The van der Waals surface area contributed by atoms with E-state index in [9.17, 15) is 4.79 Å². The number of aromatic nitrogens is 1. The molecular formula is C28H51N3OS. The van der Waals surface area contributed by atoms with Crippen LogP contribution in [-0.2, 0) is 11.3 Å². The first-order valence-corrected chi connectivity index (χ1v) is 15.0. The molecule has 0 saturated carbocycles. The molecule has 2 rings (SSSR count). The van der Waals surface area contributed by atoms with Crippen LogP contribution in [0.1, 0.15) is 141 Å². The number of nitrogens with one attached hydrogen (secondary N) is 1. The highest BCUT2D eigenvalue weighted by molar-refractivity contribution is 7.15. The van der Waals surface area contributed by atoms with Gasteiger partial charge in [0.05, 0.1) is 0 Å². The molecule has 1 atom stereocenters. The Kier molecular flexibility index (Phi) is 15.8. The van der Waals surface area contributed by atoms with Crippen LogP contribution < -0.4 is 5.32 Å². The SMILES string of the molecule is CCCCCCCCCCCCCCCCCC(=O)Nc1ncc(CN2CCCCC2C)s1. The van der Waals surface area contributed by atoms with Crippen molar-refractivity contribution in [3.63, 3.8) is 0 Å². The Balaban J connectivity index is 1.39. The van der Waals surface area contributed by atoms with Gasteiger partial charge < -0.3 is 5.32 Å². The van der Waals surface area contributed by atoms with Crippen molar-refractivity contribution in [2.75, 3.05) is 11.9 Å². The fourth-order valence-electron chi connectivity index (χ4n) is 4.87. The molecule has 1 aromatic rings. The van der Waals surface area contributed by atoms with Gasteiger partial charge in [0.25, 0.3) is 0 Å². The molecule has 2 heterocycles. The monoisotopic (exact) mass is 477 g/mol. The molecule has 1 amide bonds. The van der Waals surface area contributed by atoms with Crippen molar-refractivity contribution in [3.05, 3.63) is 11.1 Å². The van der Waals surface area contributed by atoms with Crippen LogP contribution in [-0.4, -0.2) is 28.4 Å². The van der Waals surface area contributed by atoms with E-state index in [0.717, 1.165) is 18.1 Å². The largest absolute Gasteiger partial charge is 0.302 e. The number of likely N-dealkylation sites (tertiary alicyclic amines) is 1. The lowest BCUT2D eigenvalue weighted by Gasteiger charge is -2.32. The first-order valence-electron chi connectivity index (χ1n) is 14.2. The second-order valence-electron chi connectivity index (χ2n) is 10.2. The van der Waals surface area contributed by atoms with Crippen molar-refractivity contribution >= 4 is 22.4 Å². The van der Waals surface area contributed by atoms with Gasteiger partial charge in [-0.25, -0.2) is 4.98 Å². The zero-order chi connectivity index (χ0) is 23.6. The smallest absolute Gasteiger partial charge is 0.226 e. The lowest BCUT2D eigenvalue weighted by molar-refractivity contribution is -0.116. The zero-order valence-electron chi connectivity index (χ0n) is 21.7. The molecule has 0 aromatic carbocycles. The van der Waals surface area contributed by atoms with Crippen LogP contribution in [0, 0.1) is 0 Å². The summed E-state index contributed by atoms with van der Waals surface area (Å²) in [6.45, 7) is 6.75. The van der Waals surface area contributed by atoms with Crippen LogP contribution in [0.3, 0.4) is 0 Å². The van der Waals surface area contributed by atoms with E-state index in [2.05, 4.69) is 29.0 Å². The molecule has 5 heteroatoms. The maximum atomic E-state index is 12.2. The van der Waals surface area contributed by atoms with Gasteiger partial charge in [0.15, 0.2) is 5.13 Å². The number of hydrogen-bond acceptors (Lipinski definition) is 4. The number of amides is 1. The van der Waals surface area contributed by atoms with E-state index < -0.39 is 0 Å². The van der Waals surface area contributed by atoms with Crippen molar-refractivity contribution < 1.29 is 4.79 Å². The average Bonchev–Trinajstić information content (AvgIpc) is 3.24. The van der Waals surface area contributed by atoms with Crippen molar-refractivity contribution in [3.8, 4) is 0 Å². The van der Waals surface area contributed by atoms with Crippen molar-refractivity contribution in [2.24, 2.45) is 0 Å². The zero-order valence-corrected chi connectivity index (χ0v) is 22.5. The summed E-state index contributed by atoms with van der Waals surface area (Å²) in [6.07, 6.45) is 26.8. The number of hydrogen-bond donors (Lipinski definition) is 1. The number of carbonyl (C=O) groups excluding carboxylic acids is 1. The lowest BCUT2D eigenvalue weighted by atomic mass is 10.0. The molecule has 0 aliphatic carbocycles. The van der Waals surface area contributed by atoms with Crippen LogP contribution in [0.15, 0.2) is 6.20 Å². The van der Waals surface area contributed by atoms with E-state index >= 15 is 0 Å². The fourth-order valence-corrected chi connectivity index (χ4v) is 5.72. The quantitative estimate of drug-likeness (QED) is 0.203. The van der Waals surface area contributed by atoms with Crippen LogP contribution >= 0.6 is 11.3 Å². The van der Waals surface area contributed by atoms with E-state index in [1.165, 1.54) is 121 Å². The van der Waals surface area contributed by atoms with Crippen LogP contribution in [0.4, 0.5) is 5.13 Å². The molecule has 1 N–H and O–H groups in total. The minimum absolute atomic E-state index is 0.122. The summed E-state index contributed by atoms with van der Waals surface area (Å²) < 4.78 is 0. The van der Waals surface area contributed by atoms with Gasteiger partial charge in [-0.15, -0.1) is 11.3 Å². The Bertz CT molecular complexity index is 618. The average molecular weight is 478 g/mol. The van der Waals surface area contributed by atoms with Gasteiger partial charge >= 0.3 is 0 Å². The van der Waals surface area contributed by atoms with Gasteiger partial charge in [0.2, 0.25) is 5.91 Å². The molecule has 0 bridgehead atoms. The predicted octanol–water partition coefficient (Wildman–Crippen LogP) is 8.72. The molecule has 1 fully saturated rings. The fraction of sp³-hybridized carbons (Fsp3) is 0.857. The molecule has 1 unspecified atom stereocenters. The molecule has 1 aliphatic heterocycles. The van der Waals surface area contributed by atoms with Crippen LogP contribution in [0.5, 0.6) is 0 Å². The maximum Gasteiger partial charge on any atom is 0.226 e. The number of piperidine rings is 1. The number of carbonyl (C=O) groups is 1. The standard InChI is InChI=1S/C28H51N3OS/c1-3-4-5-6-7-8-9-10-11-12-13-14-15-16-17-21-27(32)30-28-29-23-26(33-28)24-31-22-19-18-20-25(31)2/h23,25H,3-22,24H2,1-2H3,(H,29,30,32). The summed E-state index contributed by atoms with van der Waals surface area (Å²) >= 11 is 1.64. The second-order valence-corrected chi connectivity index (χ2v) is 11.3. The van der Waals surface area contributed by atoms with Gasteiger partial charge in [-0.3, -0.25) is 9.69 Å². The van der Waals surface area contributed by atoms with E-state index in [0.29, 0.717) is 12.5 Å². The molecule has 0 spiro atoms. The van der Waals surface area contributed by atoms with Gasteiger partial charge in [-0.2, -0.15) is 0 Å². The van der Waals surface area contributed by atoms with Crippen molar-refractivity contribution in [1.82, 2.24) is 9.88 Å². The number of thiazole rings is 1. The number of nitrogens with zero attached hydrogens (tertiary/aromatic N) is 2. The molecular weight excluding hydrogens is 426 g/mol. The van der Waals surface area contributed by atoms with Crippen LogP contribution in [0.25, 0.3) is 0 Å². The molecule has 1 saturated heterocycles. The third kappa shape index (κ3) is 13.5. The first kappa shape index (κ1) is 28.3. The van der Waals surface area contributed by atoms with Gasteiger partial charge in [0.1, 0.15) is 0 Å². The van der Waals surface area contributed by atoms with Crippen molar-refractivity contribution in [2.45, 2.75) is 148 Å². The summed E-state index contributed by atoms with van der Waals surface area (Å²) in [6, 6.07) is 0.656. The first-order chi connectivity index (χ1) is 16.2. The van der Waals surface area contributed by atoms with Crippen LogP contribution in [0.2, 0.25) is 0 Å². The minimum atomic E-state index is 0.122. The Labute approximate surface area is 208 Å². The highest BCUT2D eigenvalue weighted by atomic mass is 32.1. The molecule has 1 aromatic heterocycles. The second kappa shape index (κ2) is 18.4. The summed E-state index contributed by atoms with van der Waals surface area (Å²) in [5, 5.41) is 3.77. The Hall–Kier alpha value is -0.940. The normalized spacial score (nSPS) is 16.8. The summed E-state index contributed by atoms with van der Waals surface area (Å²) in [5.74, 6) is 0.122. The third-order valence-corrected chi connectivity index (χ3v) is 8.00. The molecule has 1 aliphatic rings. The minimum Gasteiger partial charge on any atom is -0.302 e. The third-order valence-electron chi connectivity index (χ3n) is 7.11. The molecule has 190 valence electrons. The van der Waals surface area contributed by atoms with E-state index in [4.69, 9.17) is 0 Å². The number of anilines is 1.